The van der Waals surface area contributed by atoms with E-state index < -0.39 is 10.0 Å². The minimum absolute atomic E-state index is 0.0518. The average molecular weight is 481 g/mol. The van der Waals surface area contributed by atoms with Crippen molar-refractivity contribution in [2.75, 3.05) is 13.1 Å². The number of nitrogens with one attached hydrogen (secondary N) is 1. The normalized spacial score (nSPS) is 23.6. The summed E-state index contributed by atoms with van der Waals surface area (Å²) in [5.74, 6) is 0.641. The highest BCUT2D eigenvalue weighted by atomic mass is 32.2. The maximum Gasteiger partial charge on any atom is 0.287 e. The second-order valence-electron chi connectivity index (χ2n) is 10.1. The first-order chi connectivity index (χ1) is 16.2. The molecule has 2 aliphatic rings. The van der Waals surface area contributed by atoms with Crippen LogP contribution in [0.5, 0.6) is 0 Å². The number of piperidine rings is 1. The zero-order valence-electron chi connectivity index (χ0n) is 20.0. The number of nitrogens with zero attached hydrogens (tertiary/aromatic N) is 1. The van der Waals surface area contributed by atoms with Crippen LogP contribution in [-0.4, -0.2) is 31.7 Å². The van der Waals surface area contributed by atoms with Crippen LogP contribution in [0, 0.1) is 18.8 Å². The highest BCUT2D eigenvalue weighted by molar-refractivity contribution is 7.89. The van der Waals surface area contributed by atoms with Crippen LogP contribution in [0.4, 0.5) is 0 Å². The van der Waals surface area contributed by atoms with Gasteiger partial charge in [0, 0.05) is 24.0 Å². The summed E-state index contributed by atoms with van der Waals surface area (Å²) < 4.78 is 34.2. The van der Waals surface area contributed by atoms with Crippen LogP contribution in [0.25, 0.3) is 11.0 Å². The molecule has 2 aromatic carbocycles. The van der Waals surface area contributed by atoms with Crippen LogP contribution >= 0.6 is 0 Å². The first-order valence-electron chi connectivity index (χ1n) is 12.2. The van der Waals surface area contributed by atoms with Crippen LogP contribution in [0.1, 0.15) is 66.4 Å². The Morgan fingerprint density at radius 3 is 2.59 bits per heavy atom. The molecule has 0 saturated carbocycles. The first kappa shape index (κ1) is 23.1. The third-order valence-electron chi connectivity index (χ3n) is 7.26. The van der Waals surface area contributed by atoms with E-state index in [2.05, 4.69) is 31.3 Å². The number of benzene rings is 2. The van der Waals surface area contributed by atoms with Gasteiger partial charge in [0.1, 0.15) is 5.58 Å². The molecular formula is C27H32N2O4S. The maximum atomic E-state index is 13.4. The van der Waals surface area contributed by atoms with E-state index in [-0.39, 0.29) is 22.6 Å². The van der Waals surface area contributed by atoms with E-state index in [1.807, 2.05) is 19.1 Å². The molecule has 3 aromatic rings. The molecule has 0 bridgehead atoms. The number of amides is 1. The van der Waals surface area contributed by atoms with Crippen LogP contribution < -0.4 is 5.32 Å². The number of hydrogen-bond acceptors (Lipinski definition) is 4. The van der Waals surface area contributed by atoms with Crippen molar-refractivity contribution in [3.8, 4) is 0 Å². The molecule has 2 heterocycles. The molecule has 1 aromatic heterocycles. The van der Waals surface area contributed by atoms with Gasteiger partial charge in [0.15, 0.2) is 5.76 Å². The van der Waals surface area contributed by atoms with Crippen molar-refractivity contribution in [3.05, 3.63) is 64.9 Å². The zero-order chi connectivity index (χ0) is 24.0. The Morgan fingerprint density at radius 2 is 1.82 bits per heavy atom. The highest BCUT2D eigenvalue weighted by Crippen LogP contribution is 2.33. The zero-order valence-corrected chi connectivity index (χ0v) is 20.8. The first-order valence-corrected chi connectivity index (χ1v) is 13.6. The average Bonchev–Trinajstić information content (AvgIpc) is 3.15. The fraction of sp³-hybridized carbons (Fsp3) is 0.444. The van der Waals surface area contributed by atoms with E-state index >= 15 is 0 Å². The Balaban J connectivity index is 1.43. The largest absolute Gasteiger partial charge is 0.451 e. The third kappa shape index (κ3) is 4.16. The topological polar surface area (TPSA) is 79.6 Å². The predicted octanol–water partition coefficient (Wildman–Crippen LogP) is 5.22. The number of aryl methyl sites for hydroxylation is 2. The Kier molecular flexibility index (Phi) is 6.02. The highest BCUT2D eigenvalue weighted by Gasteiger charge is 2.32. The van der Waals surface area contributed by atoms with E-state index in [1.165, 1.54) is 5.56 Å². The van der Waals surface area contributed by atoms with Gasteiger partial charge in [-0.15, -0.1) is 0 Å². The molecule has 34 heavy (non-hydrogen) atoms. The van der Waals surface area contributed by atoms with E-state index in [4.69, 9.17) is 4.42 Å². The molecule has 6 nitrogen and oxygen atoms in total. The quantitative estimate of drug-likeness (QED) is 0.556. The van der Waals surface area contributed by atoms with Gasteiger partial charge in [0.2, 0.25) is 10.0 Å². The van der Waals surface area contributed by atoms with Gasteiger partial charge in [0.05, 0.1) is 10.9 Å². The third-order valence-corrected chi connectivity index (χ3v) is 9.09. The summed E-state index contributed by atoms with van der Waals surface area (Å²) in [4.78, 5) is 13.4. The molecule has 5 rings (SSSR count). The summed E-state index contributed by atoms with van der Waals surface area (Å²) in [7, 11) is -3.61. The minimum atomic E-state index is -3.61. The second kappa shape index (κ2) is 8.86. The minimum Gasteiger partial charge on any atom is -0.451 e. The van der Waals surface area contributed by atoms with E-state index in [0.717, 1.165) is 31.2 Å². The molecule has 1 aliphatic carbocycles. The molecular weight excluding hydrogens is 448 g/mol. The number of carbonyl (C=O) groups is 1. The maximum absolute atomic E-state index is 13.4. The van der Waals surface area contributed by atoms with Gasteiger partial charge >= 0.3 is 0 Å². The van der Waals surface area contributed by atoms with Gasteiger partial charge in [0.25, 0.3) is 5.91 Å². The van der Waals surface area contributed by atoms with Crippen LogP contribution in [0.2, 0.25) is 0 Å². The number of fused-ring (bicyclic) bond motifs is 2. The van der Waals surface area contributed by atoms with Crippen molar-refractivity contribution in [2.45, 2.75) is 57.4 Å². The van der Waals surface area contributed by atoms with Gasteiger partial charge in [-0.2, -0.15) is 4.31 Å². The summed E-state index contributed by atoms with van der Waals surface area (Å²) in [5.41, 5.74) is 3.62. The number of hydrogen-bond donors (Lipinski definition) is 1. The molecule has 1 fully saturated rings. The lowest BCUT2D eigenvalue weighted by Crippen LogP contribution is -2.42. The molecule has 7 heteroatoms. The van der Waals surface area contributed by atoms with Crippen LogP contribution in [-0.2, 0) is 16.4 Å². The summed E-state index contributed by atoms with van der Waals surface area (Å²) in [6.45, 7) is 7.07. The fourth-order valence-corrected chi connectivity index (χ4v) is 7.36. The number of furan rings is 1. The molecule has 3 atom stereocenters. The summed E-state index contributed by atoms with van der Waals surface area (Å²) in [5, 5.41) is 3.80. The van der Waals surface area contributed by atoms with Crippen molar-refractivity contribution >= 4 is 26.9 Å². The Labute approximate surface area is 201 Å². The molecule has 1 N–H and O–H groups in total. The SMILES string of the molecule is Cc1c(C(=O)N[C@@H]2CCCc3ccccc32)oc2ccc(S(=O)(=O)N3C[C@@H](C)C[C@H](C)C3)cc12. The van der Waals surface area contributed by atoms with Crippen molar-refractivity contribution in [1.82, 2.24) is 9.62 Å². The summed E-state index contributed by atoms with van der Waals surface area (Å²) in [6, 6.07) is 13.1. The number of rotatable bonds is 4. The lowest BCUT2D eigenvalue weighted by molar-refractivity contribution is 0.0906. The summed E-state index contributed by atoms with van der Waals surface area (Å²) >= 11 is 0. The fourth-order valence-electron chi connectivity index (χ4n) is 5.66. The lowest BCUT2D eigenvalue weighted by atomic mass is 9.87. The smallest absolute Gasteiger partial charge is 0.287 e. The monoisotopic (exact) mass is 480 g/mol. The molecule has 180 valence electrons. The van der Waals surface area contributed by atoms with Crippen molar-refractivity contribution < 1.29 is 17.6 Å². The molecule has 0 unspecified atom stereocenters. The van der Waals surface area contributed by atoms with Gasteiger partial charge < -0.3 is 9.73 Å². The molecule has 0 radical (unpaired) electrons. The molecule has 0 spiro atoms. The van der Waals surface area contributed by atoms with E-state index in [1.54, 1.807) is 22.5 Å². The van der Waals surface area contributed by atoms with Gasteiger partial charge in [-0.3, -0.25) is 4.79 Å². The van der Waals surface area contributed by atoms with E-state index in [0.29, 0.717) is 41.5 Å². The van der Waals surface area contributed by atoms with Gasteiger partial charge in [-0.05, 0) is 73.8 Å². The Hall–Kier alpha value is -2.64. The lowest BCUT2D eigenvalue weighted by Gasteiger charge is -2.34. The van der Waals surface area contributed by atoms with Crippen molar-refractivity contribution in [3.63, 3.8) is 0 Å². The van der Waals surface area contributed by atoms with Gasteiger partial charge in [-0.1, -0.05) is 38.1 Å². The van der Waals surface area contributed by atoms with Crippen LogP contribution in [0.15, 0.2) is 51.8 Å². The number of carbonyl (C=O) groups excluding carboxylic acids is 1. The Morgan fingerprint density at radius 1 is 1.09 bits per heavy atom. The van der Waals surface area contributed by atoms with Gasteiger partial charge in [-0.25, -0.2) is 8.42 Å². The Bertz CT molecular complexity index is 1330. The van der Waals surface area contributed by atoms with E-state index in [9.17, 15) is 13.2 Å². The standard InChI is InChI=1S/C27H32N2O4S/c1-17-13-18(2)16-29(15-17)34(31,32)21-11-12-25-23(14-21)19(3)26(33-25)27(30)28-24-10-6-8-20-7-4-5-9-22(20)24/h4-5,7,9,11-12,14,17-18,24H,6,8,10,13,15-16H2,1-3H3,(H,28,30)/t17-,18-,24+/m0/s1. The second-order valence-corrected chi connectivity index (χ2v) is 12.0. The summed E-state index contributed by atoms with van der Waals surface area (Å²) in [6.07, 6.45) is 3.97. The van der Waals surface area contributed by atoms with Crippen molar-refractivity contribution in [1.29, 1.82) is 0 Å². The van der Waals surface area contributed by atoms with Crippen molar-refractivity contribution in [2.24, 2.45) is 11.8 Å². The molecule has 1 saturated heterocycles. The predicted molar refractivity (Wildman–Crippen MR) is 132 cm³/mol. The van der Waals surface area contributed by atoms with Crippen LogP contribution in [0.3, 0.4) is 0 Å². The molecule has 1 amide bonds. The number of sulfonamides is 1. The molecule has 1 aliphatic heterocycles.